The lowest BCUT2D eigenvalue weighted by Crippen LogP contribution is -2.40. The molecule has 2 N–H and O–H groups in total. The molecule has 5 nitrogen and oxygen atoms in total. The first-order valence-electron chi connectivity index (χ1n) is 5.48. The molecule has 0 aliphatic carbocycles. The summed E-state index contributed by atoms with van der Waals surface area (Å²) in [7, 11) is 2.84. The molecule has 0 bridgehead atoms. The summed E-state index contributed by atoms with van der Waals surface area (Å²) in [6, 6.07) is 4.20. The SMILES string of the molecule is CNC(CC(=O)OC)C(=O)Nc1cccc(Cl)c1Cl. The second kappa shape index (κ2) is 7.33. The number of anilines is 1. The highest BCUT2D eigenvalue weighted by Gasteiger charge is 2.21. The minimum absolute atomic E-state index is 0.0724. The highest BCUT2D eigenvalue weighted by Crippen LogP contribution is 2.29. The van der Waals surface area contributed by atoms with Gasteiger partial charge in [-0.05, 0) is 19.2 Å². The Morgan fingerprint density at radius 3 is 2.63 bits per heavy atom. The molecule has 1 aromatic rings. The van der Waals surface area contributed by atoms with E-state index in [9.17, 15) is 9.59 Å². The number of amides is 1. The quantitative estimate of drug-likeness (QED) is 0.817. The van der Waals surface area contributed by atoms with Gasteiger partial charge in [-0.15, -0.1) is 0 Å². The van der Waals surface area contributed by atoms with Gasteiger partial charge in [0.05, 0.1) is 35.3 Å². The summed E-state index contributed by atoms with van der Waals surface area (Å²) >= 11 is 11.8. The number of carbonyl (C=O) groups is 2. The van der Waals surface area contributed by atoms with Crippen LogP contribution in [0.15, 0.2) is 18.2 Å². The van der Waals surface area contributed by atoms with Crippen LogP contribution in [-0.2, 0) is 14.3 Å². The molecule has 104 valence electrons. The van der Waals surface area contributed by atoms with Crippen LogP contribution in [0.3, 0.4) is 0 Å². The summed E-state index contributed by atoms with van der Waals surface area (Å²) in [5, 5.41) is 5.93. The number of nitrogens with one attached hydrogen (secondary N) is 2. The van der Waals surface area contributed by atoms with Gasteiger partial charge in [-0.3, -0.25) is 9.59 Å². The molecule has 1 rings (SSSR count). The average molecular weight is 305 g/mol. The molecule has 1 atom stereocenters. The molecule has 19 heavy (non-hydrogen) atoms. The van der Waals surface area contributed by atoms with Gasteiger partial charge in [-0.2, -0.15) is 0 Å². The van der Waals surface area contributed by atoms with E-state index in [1.807, 2.05) is 0 Å². The standard InChI is InChI=1S/C12H14Cl2N2O3/c1-15-9(6-10(17)19-2)12(18)16-8-5-3-4-7(13)11(8)14/h3-5,9,15H,6H2,1-2H3,(H,16,18). The van der Waals surface area contributed by atoms with Crippen LogP contribution in [0, 0.1) is 0 Å². The number of hydrogen-bond donors (Lipinski definition) is 2. The molecular formula is C12H14Cl2N2O3. The zero-order valence-electron chi connectivity index (χ0n) is 10.5. The first-order valence-corrected chi connectivity index (χ1v) is 6.24. The van der Waals surface area contributed by atoms with Crippen LogP contribution in [0.4, 0.5) is 5.69 Å². The zero-order chi connectivity index (χ0) is 14.4. The van der Waals surface area contributed by atoms with Crippen molar-refractivity contribution in [2.45, 2.75) is 12.5 Å². The van der Waals surface area contributed by atoms with Gasteiger partial charge in [0.25, 0.3) is 0 Å². The van der Waals surface area contributed by atoms with E-state index in [4.69, 9.17) is 23.2 Å². The lowest BCUT2D eigenvalue weighted by molar-refractivity contribution is -0.142. The van der Waals surface area contributed by atoms with E-state index in [2.05, 4.69) is 15.4 Å². The number of rotatable bonds is 5. The predicted molar refractivity (Wildman–Crippen MR) is 74.6 cm³/mol. The molecule has 1 aromatic carbocycles. The van der Waals surface area contributed by atoms with Crippen LogP contribution < -0.4 is 10.6 Å². The molecule has 0 saturated heterocycles. The molecule has 0 aromatic heterocycles. The molecule has 7 heteroatoms. The smallest absolute Gasteiger partial charge is 0.307 e. The summed E-state index contributed by atoms with van der Waals surface area (Å²) < 4.78 is 4.52. The maximum Gasteiger partial charge on any atom is 0.307 e. The monoisotopic (exact) mass is 304 g/mol. The topological polar surface area (TPSA) is 67.4 Å². The third kappa shape index (κ3) is 4.38. The number of carbonyl (C=O) groups excluding carboxylic acids is 2. The lowest BCUT2D eigenvalue weighted by atomic mass is 10.2. The number of esters is 1. The normalized spacial score (nSPS) is 11.8. The van der Waals surface area contributed by atoms with Crippen molar-refractivity contribution < 1.29 is 14.3 Å². The Hall–Kier alpha value is -1.30. The van der Waals surface area contributed by atoms with Crippen LogP contribution in [0.25, 0.3) is 0 Å². The molecular weight excluding hydrogens is 291 g/mol. The molecule has 1 unspecified atom stereocenters. The Bertz CT molecular complexity index is 480. The van der Waals surface area contributed by atoms with Crippen molar-refractivity contribution in [1.82, 2.24) is 5.32 Å². The van der Waals surface area contributed by atoms with Gasteiger partial charge in [0.15, 0.2) is 0 Å². The van der Waals surface area contributed by atoms with Crippen molar-refractivity contribution in [3.63, 3.8) is 0 Å². The maximum atomic E-state index is 12.0. The van der Waals surface area contributed by atoms with Gasteiger partial charge in [-0.1, -0.05) is 29.3 Å². The predicted octanol–water partition coefficient (Wildman–Crippen LogP) is 2.08. The van der Waals surface area contributed by atoms with Gasteiger partial charge < -0.3 is 15.4 Å². The van der Waals surface area contributed by atoms with Crippen LogP contribution >= 0.6 is 23.2 Å². The van der Waals surface area contributed by atoms with Crippen molar-refractivity contribution >= 4 is 40.8 Å². The number of methoxy groups -OCH3 is 1. The summed E-state index contributed by atoms with van der Waals surface area (Å²) in [6.45, 7) is 0. The van der Waals surface area contributed by atoms with Gasteiger partial charge in [0.1, 0.15) is 0 Å². The first-order chi connectivity index (χ1) is 8.99. The van der Waals surface area contributed by atoms with E-state index in [0.29, 0.717) is 10.7 Å². The fraction of sp³-hybridized carbons (Fsp3) is 0.333. The van der Waals surface area contributed by atoms with E-state index in [1.165, 1.54) is 7.11 Å². The average Bonchev–Trinajstić information content (AvgIpc) is 2.40. The van der Waals surface area contributed by atoms with E-state index in [0.717, 1.165) is 0 Å². The molecule has 0 aliphatic heterocycles. The van der Waals surface area contributed by atoms with Crippen LogP contribution in [0.1, 0.15) is 6.42 Å². The number of benzene rings is 1. The van der Waals surface area contributed by atoms with Crippen LogP contribution in [0.2, 0.25) is 10.0 Å². The van der Waals surface area contributed by atoms with Crippen molar-refractivity contribution in [3.05, 3.63) is 28.2 Å². The Morgan fingerprint density at radius 2 is 2.05 bits per heavy atom. The van der Waals surface area contributed by atoms with Gasteiger partial charge in [-0.25, -0.2) is 0 Å². The number of halogens is 2. The van der Waals surface area contributed by atoms with Gasteiger partial charge in [0.2, 0.25) is 5.91 Å². The van der Waals surface area contributed by atoms with E-state index in [1.54, 1.807) is 25.2 Å². The highest BCUT2D eigenvalue weighted by atomic mass is 35.5. The Morgan fingerprint density at radius 1 is 1.37 bits per heavy atom. The molecule has 0 saturated carbocycles. The fourth-order valence-electron chi connectivity index (χ4n) is 1.40. The molecule has 0 heterocycles. The minimum Gasteiger partial charge on any atom is -0.469 e. The second-order valence-electron chi connectivity index (χ2n) is 3.71. The lowest BCUT2D eigenvalue weighted by Gasteiger charge is -2.15. The molecule has 0 aliphatic rings. The van der Waals surface area contributed by atoms with Crippen molar-refractivity contribution in [2.24, 2.45) is 0 Å². The molecule has 1 amide bonds. The largest absolute Gasteiger partial charge is 0.469 e. The van der Waals surface area contributed by atoms with Gasteiger partial charge in [0, 0.05) is 0 Å². The third-order valence-electron chi connectivity index (χ3n) is 2.47. The zero-order valence-corrected chi connectivity index (χ0v) is 12.0. The number of ether oxygens (including phenoxy) is 1. The Balaban J connectivity index is 2.77. The van der Waals surface area contributed by atoms with Crippen molar-refractivity contribution in [3.8, 4) is 0 Å². The van der Waals surface area contributed by atoms with Crippen LogP contribution in [0.5, 0.6) is 0 Å². The highest BCUT2D eigenvalue weighted by molar-refractivity contribution is 6.44. The second-order valence-corrected chi connectivity index (χ2v) is 4.50. The van der Waals surface area contributed by atoms with Crippen molar-refractivity contribution in [1.29, 1.82) is 0 Å². The fourth-order valence-corrected chi connectivity index (χ4v) is 1.74. The summed E-state index contributed by atoms with van der Waals surface area (Å²) in [4.78, 5) is 23.1. The maximum absolute atomic E-state index is 12.0. The van der Waals surface area contributed by atoms with Gasteiger partial charge >= 0.3 is 5.97 Å². The summed E-state index contributed by atoms with van der Waals surface area (Å²) in [5.41, 5.74) is 0.393. The van der Waals surface area contributed by atoms with Crippen molar-refractivity contribution in [2.75, 3.05) is 19.5 Å². The van der Waals surface area contributed by atoms with E-state index in [-0.39, 0.29) is 11.4 Å². The number of hydrogen-bond acceptors (Lipinski definition) is 4. The summed E-state index contributed by atoms with van der Waals surface area (Å²) in [5.74, 6) is -0.872. The van der Waals surface area contributed by atoms with Crippen LogP contribution in [-0.4, -0.2) is 32.1 Å². The molecule has 0 spiro atoms. The first kappa shape index (κ1) is 15.8. The molecule has 0 radical (unpaired) electrons. The Labute approximate surface area is 121 Å². The Kier molecular flexibility index (Phi) is 6.08. The van der Waals surface area contributed by atoms with E-state index >= 15 is 0 Å². The number of likely N-dealkylation sites (N-methyl/N-ethyl adjacent to an activating group) is 1. The summed E-state index contributed by atoms with van der Waals surface area (Å²) in [6.07, 6.45) is -0.0724. The minimum atomic E-state index is -0.706. The molecule has 0 fully saturated rings. The van der Waals surface area contributed by atoms with E-state index < -0.39 is 17.9 Å². The third-order valence-corrected chi connectivity index (χ3v) is 3.29.